The van der Waals surface area contributed by atoms with Gasteiger partial charge >= 0.3 is 0 Å². The van der Waals surface area contributed by atoms with Crippen molar-refractivity contribution in [3.8, 4) is 11.8 Å². The number of carbonyl (C=O) groups excluding carboxylic acids is 1. The highest BCUT2D eigenvalue weighted by Gasteiger charge is 2.25. The van der Waals surface area contributed by atoms with Gasteiger partial charge in [-0.25, -0.2) is 0 Å². The first-order valence-corrected chi connectivity index (χ1v) is 8.25. The van der Waals surface area contributed by atoms with Crippen LogP contribution in [0.1, 0.15) is 26.5 Å². The van der Waals surface area contributed by atoms with Crippen molar-refractivity contribution in [2.24, 2.45) is 5.73 Å². The molecule has 1 aromatic rings. The molecule has 19 heavy (non-hydrogen) atoms. The van der Waals surface area contributed by atoms with Gasteiger partial charge < -0.3 is 10.6 Å². The summed E-state index contributed by atoms with van der Waals surface area (Å²) in [5, 5.41) is 0. The molecule has 1 amide bonds. The molecule has 102 valence electrons. The molecule has 3 nitrogen and oxygen atoms in total. The van der Waals surface area contributed by atoms with Gasteiger partial charge in [0.1, 0.15) is 0 Å². The predicted octanol–water partition coefficient (Wildman–Crippen LogP) is 1.94. The standard InChI is InChI=1S/C14H18N2OS2/c1-10-8-13(19-12(10)4-3-6-15)14(17)16(2)11-5-7-18-9-11/h8,11H,5-7,9,15H2,1-2H3. The van der Waals surface area contributed by atoms with Crippen LogP contribution in [0, 0.1) is 18.8 Å². The van der Waals surface area contributed by atoms with E-state index in [-0.39, 0.29) is 5.91 Å². The quantitative estimate of drug-likeness (QED) is 0.848. The lowest BCUT2D eigenvalue weighted by Gasteiger charge is -2.22. The van der Waals surface area contributed by atoms with E-state index in [1.54, 1.807) is 0 Å². The molecule has 2 rings (SSSR count). The van der Waals surface area contributed by atoms with E-state index in [0.717, 1.165) is 33.2 Å². The minimum Gasteiger partial charge on any atom is -0.337 e. The van der Waals surface area contributed by atoms with Crippen LogP contribution in [0.5, 0.6) is 0 Å². The van der Waals surface area contributed by atoms with Crippen LogP contribution in [0.4, 0.5) is 0 Å². The van der Waals surface area contributed by atoms with Gasteiger partial charge in [0.05, 0.1) is 16.3 Å². The summed E-state index contributed by atoms with van der Waals surface area (Å²) >= 11 is 3.38. The van der Waals surface area contributed by atoms with Crippen LogP contribution in [0.25, 0.3) is 0 Å². The normalized spacial score (nSPS) is 17.9. The Labute approximate surface area is 122 Å². The number of hydrogen-bond donors (Lipinski definition) is 1. The molecule has 2 heterocycles. The highest BCUT2D eigenvalue weighted by atomic mass is 32.2. The van der Waals surface area contributed by atoms with Gasteiger partial charge in [-0.05, 0) is 30.7 Å². The van der Waals surface area contributed by atoms with Crippen LogP contribution in [0.15, 0.2) is 6.07 Å². The van der Waals surface area contributed by atoms with Crippen LogP contribution >= 0.6 is 23.1 Å². The number of nitrogens with zero attached hydrogens (tertiary/aromatic N) is 1. The maximum absolute atomic E-state index is 12.4. The second-order valence-electron chi connectivity index (χ2n) is 4.56. The molecule has 0 saturated carbocycles. The second kappa shape index (κ2) is 6.47. The predicted molar refractivity (Wildman–Crippen MR) is 82.8 cm³/mol. The van der Waals surface area contributed by atoms with Gasteiger partial charge in [-0.1, -0.05) is 11.8 Å². The number of hydrogen-bond acceptors (Lipinski definition) is 4. The van der Waals surface area contributed by atoms with Crippen LogP contribution in [0.2, 0.25) is 0 Å². The summed E-state index contributed by atoms with van der Waals surface area (Å²) in [6, 6.07) is 2.31. The fourth-order valence-corrected chi connectivity index (χ4v) is 4.31. The van der Waals surface area contributed by atoms with E-state index >= 15 is 0 Å². The average molecular weight is 294 g/mol. The summed E-state index contributed by atoms with van der Waals surface area (Å²) in [6.07, 6.45) is 1.09. The van der Waals surface area contributed by atoms with E-state index < -0.39 is 0 Å². The lowest BCUT2D eigenvalue weighted by molar-refractivity contribution is 0.0752. The summed E-state index contributed by atoms with van der Waals surface area (Å²) in [5.74, 6) is 8.18. The Hall–Kier alpha value is -0.960. The molecule has 2 N–H and O–H groups in total. The van der Waals surface area contributed by atoms with Crippen LogP contribution in [0.3, 0.4) is 0 Å². The van der Waals surface area contributed by atoms with Crippen molar-refractivity contribution in [2.75, 3.05) is 25.1 Å². The maximum Gasteiger partial charge on any atom is 0.263 e. The van der Waals surface area contributed by atoms with Gasteiger partial charge in [0.25, 0.3) is 5.91 Å². The van der Waals surface area contributed by atoms with Crippen molar-refractivity contribution in [3.05, 3.63) is 21.4 Å². The lowest BCUT2D eigenvalue weighted by atomic mass is 10.2. The fourth-order valence-electron chi connectivity index (χ4n) is 2.01. The molecule has 0 aliphatic carbocycles. The highest BCUT2D eigenvalue weighted by Crippen LogP contribution is 2.26. The third-order valence-electron chi connectivity index (χ3n) is 3.21. The smallest absolute Gasteiger partial charge is 0.263 e. The van der Waals surface area contributed by atoms with E-state index in [4.69, 9.17) is 5.73 Å². The number of aryl methyl sites for hydroxylation is 1. The van der Waals surface area contributed by atoms with Gasteiger partial charge in [-0.15, -0.1) is 11.3 Å². The van der Waals surface area contributed by atoms with Crippen molar-refractivity contribution in [3.63, 3.8) is 0 Å². The van der Waals surface area contributed by atoms with Gasteiger partial charge in [0, 0.05) is 18.8 Å². The van der Waals surface area contributed by atoms with Gasteiger partial charge in [0.2, 0.25) is 0 Å². The topological polar surface area (TPSA) is 46.3 Å². The van der Waals surface area contributed by atoms with Gasteiger partial charge in [-0.2, -0.15) is 11.8 Å². The monoisotopic (exact) mass is 294 g/mol. The summed E-state index contributed by atoms with van der Waals surface area (Å²) in [7, 11) is 1.90. The number of carbonyl (C=O) groups is 1. The van der Waals surface area contributed by atoms with Crippen molar-refractivity contribution in [1.29, 1.82) is 0 Å². The zero-order valence-corrected chi connectivity index (χ0v) is 12.9. The Balaban J connectivity index is 2.14. The molecule has 1 saturated heterocycles. The first kappa shape index (κ1) is 14.4. The number of rotatable bonds is 2. The molecule has 0 radical (unpaired) electrons. The average Bonchev–Trinajstić information content (AvgIpc) is 3.04. The number of thioether (sulfide) groups is 1. The van der Waals surface area contributed by atoms with Crippen molar-refractivity contribution in [1.82, 2.24) is 4.90 Å². The van der Waals surface area contributed by atoms with E-state index in [2.05, 4.69) is 11.8 Å². The minimum absolute atomic E-state index is 0.112. The van der Waals surface area contributed by atoms with Crippen molar-refractivity contribution >= 4 is 29.0 Å². The van der Waals surface area contributed by atoms with E-state index in [1.165, 1.54) is 11.3 Å². The van der Waals surface area contributed by atoms with Crippen LogP contribution < -0.4 is 5.73 Å². The Morgan fingerprint density at radius 1 is 1.63 bits per heavy atom. The lowest BCUT2D eigenvalue weighted by Crippen LogP contribution is -2.36. The Bertz CT molecular complexity index is 521. The second-order valence-corrected chi connectivity index (χ2v) is 6.76. The maximum atomic E-state index is 12.4. The minimum atomic E-state index is 0.112. The summed E-state index contributed by atoms with van der Waals surface area (Å²) < 4.78 is 0. The molecule has 0 bridgehead atoms. The first-order chi connectivity index (χ1) is 9.13. The first-order valence-electron chi connectivity index (χ1n) is 6.27. The molecule has 1 unspecified atom stereocenters. The summed E-state index contributed by atoms with van der Waals surface area (Å²) in [4.78, 5) is 16.0. The molecule has 0 aromatic carbocycles. The molecule has 1 atom stereocenters. The van der Waals surface area contributed by atoms with Gasteiger partial charge in [0.15, 0.2) is 0 Å². The van der Waals surface area contributed by atoms with Crippen molar-refractivity contribution in [2.45, 2.75) is 19.4 Å². The molecule has 1 fully saturated rings. The molecular formula is C14H18N2OS2. The number of amides is 1. The molecule has 5 heteroatoms. The highest BCUT2D eigenvalue weighted by molar-refractivity contribution is 7.99. The Morgan fingerprint density at radius 2 is 2.42 bits per heavy atom. The summed E-state index contributed by atoms with van der Waals surface area (Å²) in [5.41, 5.74) is 6.44. The van der Waals surface area contributed by atoms with E-state index in [0.29, 0.717) is 12.6 Å². The Kier molecular flexibility index (Phi) is 4.92. The molecule has 1 aliphatic rings. The van der Waals surface area contributed by atoms with Crippen LogP contribution in [-0.4, -0.2) is 41.9 Å². The molecule has 1 aliphatic heterocycles. The fraction of sp³-hybridized carbons (Fsp3) is 0.500. The number of thiophene rings is 1. The van der Waals surface area contributed by atoms with Gasteiger partial charge in [-0.3, -0.25) is 4.79 Å². The van der Waals surface area contributed by atoms with E-state index in [1.807, 2.05) is 36.7 Å². The third-order valence-corrected chi connectivity index (χ3v) is 5.49. The Morgan fingerprint density at radius 3 is 3.05 bits per heavy atom. The zero-order valence-electron chi connectivity index (χ0n) is 11.2. The van der Waals surface area contributed by atoms with E-state index in [9.17, 15) is 4.79 Å². The third kappa shape index (κ3) is 3.33. The zero-order chi connectivity index (χ0) is 13.8. The van der Waals surface area contributed by atoms with Crippen molar-refractivity contribution < 1.29 is 4.79 Å². The molecule has 1 aromatic heterocycles. The number of nitrogens with two attached hydrogens (primary N) is 1. The summed E-state index contributed by atoms with van der Waals surface area (Å²) in [6.45, 7) is 2.33. The molecular weight excluding hydrogens is 276 g/mol. The SMILES string of the molecule is Cc1cc(C(=O)N(C)C2CCSC2)sc1C#CCN. The molecule has 0 spiro atoms. The van der Waals surface area contributed by atoms with Crippen LogP contribution in [-0.2, 0) is 0 Å². The largest absolute Gasteiger partial charge is 0.337 e.